The minimum absolute atomic E-state index is 0.0637. The number of fused-ring (bicyclic) bond motifs is 1. The van der Waals surface area contributed by atoms with Crippen LogP contribution < -0.4 is 5.43 Å². The van der Waals surface area contributed by atoms with Crippen molar-refractivity contribution in [3.05, 3.63) is 54.4 Å². The number of nitrogens with one attached hydrogen (secondary N) is 1. The van der Waals surface area contributed by atoms with Crippen LogP contribution >= 0.6 is 0 Å². The summed E-state index contributed by atoms with van der Waals surface area (Å²) in [5.74, 6) is -0.268. The lowest BCUT2D eigenvalue weighted by molar-refractivity contribution is -0.121. The van der Waals surface area contributed by atoms with Crippen LogP contribution in [0.25, 0.3) is 11.0 Å². The third-order valence-corrected chi connectivity index (χ3v) is 2.82. The number of rotatable bonds is 4. The van der Waals surface area contributed by atoms with Crippen LogP contribution in [0.1, 0.15) is 5.56 Å². The maximum Gasteiger partial charge on any atom is 0.261 e. The molecule has 0 bridgehead atoms. The SMILES string of the molecule is O=C(Cn1nnc2ccccc21)N/N=C\c1ccncc1. The first kappa shape index (κ1) is 12.9. The molecular formula is C14H12N6O. The van der Waals surface area contributed by atoms with Crippen LogP contribution in [-0.2, 0) is 11.3 Å². The zero-order valence-corrected chi connectivity index (χ0v) is 11.0. The fourth-order valence-electron chi connectivity index (χ4n) is 1.83. The van der Waals surface area contributed by atoms with E-state index in [1.54, 1.807) is 30.7 Å². The van der Waals surface area contributed by atoms with E-state index in [-0.39, 0.29) is 12.5 Å². The fraction of sp³-hybridized carbons (Fsp3) is 0.0714. The molecule has 21 heavy (non-hydrogen) atoms. The third kappa shape index (κ3) is 3.08. The first-order valence-corrected chi connectivity index (χ1v) is 6.33. The quantitative estimate of drug-likeness (QED) is 0.570. The summed E-state index contributed by atoms with van der Waals surface area (Å²) in [5.41, 5.74) is 4.88. The topological polar surface area (TPSA) is 85.1 Å². The molecule has 0 aliphatic carbocycles. The molecule has 1 amide bonds. The lowest BCUT2D eigenvalue weighted by atomic mass is 10.3. The Kier molecular flexibility index (Phi) is 3.64. The lowest BCUT2D eigenvalue weighted by Gasteiger charge is -2.00. The van der Waals surface area contributed by atoms with Gasteiger partial charge in [0.1, 0.15) is 12.1 Å². The maximum absolute atomic E-state index is 11.8. The highest BCUT2D eigenvalue weighted by molar-refractivity contribution is 5.83. The van der Waals surface area contributed by atoms with Crippen molar-refractivity contribution in [1.82, 2.24) is 25.4 Å². The summed E-state index contributed by atoms with van der Waals surface area (Å²) in [4.78, 5) is 15.7. The summed E-state index contributed by atoms with van der Waals surface area (Å²) >= 11 is 0. The lowest BCUT2D eigenvalue weighted by Crippen LogP contribution is -2.23. The third-order valence-electron chi connectivity index (χ3n) is 2.82. The Morgan fingerprint density at radius 3 is 2.90 bits per heavy atom. The van der Waals surface area contributed by atoms with Gasteiger partial charge in [-0.05, 0) is 29.8 Å². The van der Waals surface area contributed by atoms with Gasteiger partial charge in [-0.3, -0.25) is 9.78 Å². The number of hydrazone groups is 1. The van der Waals surface area contributed by atoms with E-state index < -0.39 is 0 Å². The number of hydrogen-bond acceptors (Lipinski definition) is 5. The fourth-order valence-corrected chi connectivity index (χ4v) is 1.83. The molecule has 104 valence electrons. The highest BCUT2D eigenvalue weighted by Crippen LogP contribution is 2.08. The zero-order valence-electron chi connectivity index (χ0n) is 11.0. The number of amides is 1. The van der Waals surface area contributed by atoms with Crippen molar-refractivity contribution in [2.75, 3.05) is 0 Å². The molecule has 0 saturated carbocycles. The van der Waals surface area contributed by atoms with Crippen molar-refractivity contribution < 1.29 is 4.79 Å². The highest BCUT2D eigenvalue weighted by atomic mass is 16.2. The van der Waals surface area contributed by atoms with Crippen LogP contribution in [-0.4, -0.2) is 32.1 Å². The van der Waals surface area contributed by atoms with Crippen molar-refractivity contribution in [1.29, 1.82) is 0 Å². The Balaban J connectivity index is 1.63. The van der Waals surface area contributed by atoms with Gasteiger partial charge in [0.2, 0.25) is 0 Å². The second-order valence-electron chi connectivity index (χ2n) is 4.31. The number of hydrogen-bond donors (Lipinski definition) is 1. The second kappa shape index (κ2) is 5.91. The van der Waals surface area contributed by atoms with E-state index in [1.807, 2.05) is 24.3 Å². The van der Waals surface area contributed by atoms with Gasteiger partial charge in [-0.2, -0.15) is 5.10 Å². The molecule has 2 aromatic heterocycles. The van der Waals surface area contributed by atoms with E-state index in [1.165, 1.54) is 4.68 Å². The monoisotopic (exact) mass is 280 g/mol. The van der Waals surface area contributed by atoms with Gasteiger partial charge < -0.3 is 0 Å². The number of pyridine rings is 1. The van der Waals surface area contributed by atoms with Crippen LogP contribution in [0.5, 0.6) is 0 Å². The van der Waals surface area contributed by atoms with Gasteiger partial charge in [0.15, 0.2) is 0 Å². The minimum Gasteiger partial charge on any atom is -0.271 e. The first-order valence-electron chi connectivity index (χ1n) is 6.33. The summed E-state index contributed by atoms with van der Waals surface area (Å²) < 4.78 is 1.53. The van der Waals surface area contributed by atoms with Crippen molar-refractivity contribution in [2.45, 2.75) is 6.54 Å². The molecule has 0 spiro atoms. The van der Waals surface area contributed by atoms with Crippen LogP contribution in [0.2, 0.25) is 0 Å². The van der Waals surface area contributed by atoms with Crippen molar-refractivity contribution in [2.24, 2.45) is 5.10 Å². The van der Waals surface area contributed by atoms with Gasteiger partial charge in [0, 0.05) is 12.4 Å². The molecule has 0 aliphatic heterocycles. The Morgan fingerprint density at radius 1 is 1.24 bits per heavy atom. The largest absolute Gasteiger partial charge is 0.271 e. The van der Waals surface area contributed by atoms with Crippen LogP contribution in [0.3, 0.4) is 0 Å². The normalized spacial score (nSPS) is 11.0. The number of carbonyl (C=O) groups is 1. The predicted octanol–water partition coefficient (Wildman–Crippen LogP) is 0.977. The molecular weight excluding hydrogens is 268 g/mol. The van der Waals surface area contributed by atoms with Crippen LogP contribution in [0.15, 0.2) is 53.9 Å². The molecule has 7 heteroatoms. The average Bonchev–Trinajstić information content (AvgIpc) is 2.92. The summed E-state index contributed by atoms with van der Waals surface area (Å²) in [7, 11) is 0. The first-order chi connectivity index (χ1) is 10.3. The van der Waals surface area contributed by atoms with Gasteiger partial charge in [0.05, 0.1) is 11.7 Å². The number of nitrogens with zero attached hydrogens (tertiary/aromatic N) is 5. The van der Waals surface area contributed by atoms with Gasteiger partial charge in [-0.15, -0.1) is 5.10 Å². The van der Waals surface area contributed by atoms with Crippen LogP contribution in [0.4, 0.5) is 0 Å². The summed E-state index contributed by atoms with van der Waals surface area (Å²) in [6, 6.07) is 11.0. The molecule has 3 aromatic rings. The van der Waals surface area contributed by atoms with E-state index in [2.05, 4.69) is 25.8 Å². The molecule has 0 fully saturated rings. The number of carbonyl (C=O) groups excluding carboxylic acids is 1. The Bertz CT molecular complexity index is 780. The minimum atomic E-state index is -0.268. The molecule has 0 atom stereocenters. The molecule has 2 heterocycles. The van der Waals surface area contributed by atoms with E-state index in [0.29, 0.717) is 0 Å². The summed E-state index contributed by atoms with van der Waals surface area (Å²) in [5, 5.41) is 11.8. The Hall–Kier alpha value is -3.09. The standard InChI is InChI=1S/C14H12N6O/c21-14(18-16-9-11-5-7-15-8-6-11)10-20-13-4-2-1-3-12(13)17-19-20/h1-9H,10H2,(H,18,21)/b16-9-. The molecule has 3 rings (SSSR count). The van der Waals surface area contributed by atoms with E-state index in [0.717, 1.165) is 16.6 Å². The number of benzene rings is 1. The van der Waals surface area contributed by atoms with Crippen LogP contribution in [0, 0.1) is 0 Å². The molecule has 0 unspecified atom stereocenters. The average molecular weight is 280 g/mol. The van der Waals surface area contributed by atoms with E-state index in [9.17, 15) is 4.79 Å². The highest BCUT2D eigenvalue weighted by Gasteiger charge is 2.07. The van der Waals surface area contributed by atoms with Gasteiger partial charge in [-0.25, -0.2) is 10.1 Å². The van der Waals surface area contributed by atoms with E-state index >= 15 is 0 Å². The molecule has 1 aromatic carbocycles. The smallest absolute Gasteiger partial charge is 0.261 e. The van der Waals surface area contributed by atoms with Crippen molar-refractivity contribution in [3.8, 4) is 0 Å². The second-order valence-corrected chi connectivity index (χ2v) is 4.31. The van der Waals surface area contributed by atoms with Gasteiger partial charge >= 0.3 is 0 Å². The Labute approximate surface area is 120 Å². The van der Waals surface area contributed by atoms with Crippen molar-refractivity contribution >= 4 is 23.2 Å². The molecule has 7 nitrogen and oxygen atoms in total. The number of para-hydroxylation sites is 1. The summed E-state index contributed by atoms with van der Waals surface area (Å²) in [6.45, 7) is 0.0637. The predicted molar refractivity (Wildman–Crippen MR) is 77.5 cm³/mol. The summed E-state index contributed by atoms with van der Waals surface area (Å²) in [6.07, 6.45) is 4.87. The zero-order chi connectivity index (χ0) is 14.5. The molecule has 0 radical (unpaired) electrons. The molecule has 0 saturated heterocycles. The maximum atomic E-state index is 11.8. The van der Waals surface area contributed by atoms with E-state index in [4.69, 9.17) is 0 Å². The number of aromatic nitrogens is 4. The Morgan fingerprint density at radius 2 is 2.05 bits per heavy atom. The van der Waals surface area contributed by atoms with Gasteiger partial charge in [-0.1, -0.05) is 17.3 Å². The van der Waals surface area contributed by atoms with Gasteiger partial charge in [0.25, 0.3) is 5.91 Å². The molecule has 1 N–H and O–H groups in total. The molecule has 0 aliphatic rings. The van der Waals surface area contributed by atoms with Crippen molar-refractivity contribution in [3.63, 3.8) is 0 Å².